The lowest BCUT2D eigenvalue weighted by Crippen LogP contribution is -2.33. The summed E-state index contributed by atoms with van der Waals surface area (Å²) < 4.78 is 27.1. The largest absolute Gasteiger partial charge is 0.325 e. The molecule has 2 heterocycles. The van der Waals surface area contributed by atoms with Crippen LogP contribution in [0.4, 0.5) is 5.69 Å². The Morgan fingerprint density at radius 3 is 2.55 bits per heavy atom. The zero-order chi connectivity index (χ0) is 22.6. The minimum Gasteiger partial charge on any atom is -0.325 e. The van der Waals surface area contributed by atoms with Crippen molar-refractivity contribution in [2.75, 3.05) is 25.0 Å². The van der Waals surface area contributed by atoms with Gasteiger partial charge in [-0.15, -0.1) is 11.3 Å². The Kier molecular flexibility index (Phi) is 8.15. The van der Waals surface area contributed by atoms with Crippen LogP contribution in [0, 0.1) is 6.92 Å². The summed E-state index contributed by atoms with van der Waals surface area (Å²) in [6.45, 7) is 8.77. The molecule has 1 fully saturated rings. The van der Waals surface area contributed by atoms with E-state index < -0.39 is 10.0 Å². The summed E-state index contributed by atoms with van der Waals surface area (Å²) in [6, 6.07) is 9.02. The normalized spacial score (nSPS) is 15.2. The van der Waals surface area contributed by atoms with E-state index in [1.807, 2.05) is 0 Å². The zero-order valence-electron chi connectivity index (χ0n) is 18.2. The molecule has 0 saturated carbocycles. The van der Waals surface area contributed by atoms with E-state index in [0.717, 1.165) is 19.4 Å². The predicted molar refractivity (Wildman–Crippen MR) is 127 cm³/mol. The van der Waals surface area contributed by atoms with Gasteiger partial charge in [0, 0.05) is 48.4 Å². The lowest BCUT2D eigenvalue weighted by Gasteiger charge is -2.25. The van der Waals surface area contributed by atoms with E-state index in [1.54, 1.807) is 11.3 Å². The Labute approximate surface area is 194 Å². The van der Waals surface area contributed by atoms with Gasteiger partial charge in [-0.2, -0.15) is 4.31 Å². The first-order valence-corrected chi connectivity index (χ1v) is 13.2. The molecule has 1 aromatic heterocycles. The molecule has 6 nitrogen and oxygen atoms in total. The molecule has 0 unspecified atom stereocenters. The van der Waals surface area contributed by atoms with E-state index in [9.17, 15) is 13.2 Å². The highest BCUT2D eigenvalue weighted by Gasteiger charge is 2.27. The third kappa shape index (κ3) is 6.29. The second-order valence-corrected chi connectivity index (χ2v) is 11.8. The van der Waals surface area contributed by atoms with E-state index in [4.69, 9.17) is 11.6 Å². The Morgan fingerprint density at radius 2 is 1.94 bits per heavy atom. The van der Waals surface area contributed by atoms with Gasteiger partial charge >= 0.3 is 0 Å². The molecular weight excluding hydrogens is 454 g/mol. The van der Waals surface area contributed by atoms with Crippen molar-refractivity contribution < 1.29 is 13.2 Å². The molecular formula is C22H30ClN3O3S2. The first-order chi connectivity index (χ1) is 14.7. The summed E-state index contributed by atoms with van der Waals surface area (Å²) in [4.78, 5) is 17.6. The van der Waals surface area contributed by atoms with Crippen molar-refractivity contribution in [3.05, 3.63) is 45.1 Å². The highest BCUT2D eigenvalue weighted by molar-refractivity contribution is 7.89. The number of halogens is 1. The third-order valence-corrected chi connectivity index (χ3v) is 8.64. The molecule has 0 aliphatic carbocycles. The smallest absolute Gasteiger partial charge is 0.243 e. The van der Waals surface area contributed by atoms with Crippen LogP contribution < -0.4 is 5.32 Å². The number of carbonyl (C=O) groups is 1. The van der Waals surface area contributed by atoms with Crippen LogP contribution in [0.2, 0.25) is 5.02 Å². The molecule has 1 amide bonds. The zero-order valence-corrected chi connectivity index (χ0v) is 20.6. The minimum atomic E-state index is -3.57. The molecule has 1 saturated heterocycles. The maximum atomic E-state index is 12.8. The molecule has 1 aromatic carbocycles. The topological polar surface area (TPSA) is 69.7 Å². The van der Waals surface area contributed by atoms with Crippen molar-refractivity contribution in [1.82, 2.24) is 9.21 Å². The fourth-order valence-electron chi connectivity index (χ4n) is 3.59. The quantitative estimate of drug-likeness (QED) is 0.559. The maximum Gasteiger partial charge on any atom is 0.243 e. The molecule has 1 N–H and O–H groups in total. The van der Waals surface area contributed by atoms with Gasteiger partial charge in [0.2, 0.25) is 15.9 Å². The predicted octanol–water partition coefficient (Wildman–Crippen LogP) is 4.73. The highest BCUT2D eigenvalue weighted by atomic mass is 35.5. The lowest BCUT2D eigenvalue weighted by molar-refractivity contribution is -0.116. The van der Waals surface area contributed by atoms with Crippen LogP contribution in [0.5, 0.6) is 0 Å². The van der Waals surface area contributed by atoms with E-state index in [2.05, 4.69) is 43.1 Å². The van der Waals surface area contributed by atoms with Crippen LogP contribution in [0.3, 0.4) is 0 Å². The van der Waals surface area contributed by atoms with Crippen LogP contribution >= 0.6 is 22.9 Å². The SMILES string of the molecule is Cc1ccc(CN(CCC(=O)Nc2cc(S(=O)(=O)N3CCCC3)ccc2Cl)C(C)C)s1. The van der Waals surface area contributed by atoms with Gasteiger partial charge in [0.1, 0.15) is 0 Å². The molecule has 0 radical (unpaired) electrons. The van der Waals surface area contributed by atoms with Gasteiger partial charge in [-0.25, -0.2) is 8.42 Å². The second kappa shape index (κ2) is 10.4. The van der Waals surface area contributed by atoms with Gasteiger partial charge in [0.05, 0.1) is 15.6 Å². The number of sulfonamides is 1. The van der Waals surface area contributed by atoms with E-state index in [0.29, 0.717) is 42.8 Å². The minimum absolute atomic E-state index is 0.158. The van der Waals surface area contributed by atoms with Crippen LogP contribution in [-0.2, 0) is 21.4 Å². The molecule has 3 rings (SSSR count). The van der Waals surface area contributed by atoms with Gasteiger partial charge in [0.25, 0.3) is 0 Å². The van der Waals surface area contributed by atoms with E-state index in [-0.39, 0.29) is 10.8 Å². The summed E-state index contributed by atoms with van der Waals surface area (Å²) in [6.07, 6.45) is 2.03. The number of nitrogens with zero attached hydrogens (tertiary/aromatic N) is 2. The fourth-order valence-corrected chi connectivity index (χ4v) is 6.21. The molecule has 0 spiro atoms. The molecule has 0 atom stereocenters. The van der Waals surface area contributed by atoms with Crippen LogP contribution in [0.25, 0.3) is 0 Å². The Balaban J connectivity index is 1.64. The molecule has 31 heavy (non-hydrogen) atoms. The number of thiophene rings is 1. The highest BCUT2D eigenvalue weighted by Crippen LogP contribution is 2.28. The molecule has 9 heteroatoms. The van der Waals surface area contributed by atoms with Crippen LogP contribution in [0.1, 0.15) is 42.9 Å². The van der Waals surface area contributed by atoms with Crippen molar-refractivity contribution >= 4 is 44.6 Å². The van der Waals surface area contributed by atoms with Gasteiger partial charge in [-0.3, -0.25) is 9.69 Å². The second-order valence-electron chi connectivity index (χ2n) is 8.13. The summed E-state index contributed by atoms with van der Waals surface area (Å²) >= 11 is 8.01. The van der Waals surface area contributed by atoms with Gasteiger partial charge in [0.15, 0.2) is 0 Å². The number of hydrogen-bond donors (Lipinski definition) is 1. The fraction of sp³-hybridized carbons (Fsp3) is 0.500. The van der Waals surface area contributed by atoms with Crippen LogP contribution in [-0.4, -0.2) is 49.2 Å². The number of carbonyl (C=O) groups excluding carboxylic acids is 1. The Morgan fingerprint density at radius 1 is 1.23 bits per heavy atom. The number of nitrogens with one attached hydrogen (secondary N) is 1. The summed E-state index contributed by atoms with van der Waals surface area (Å²) in [5.74, 6) is -0.189. The van der Waals surface area contributed by atoms with Crippen LogP contribution in [0.15, 0.2) is 35.2 Å². The van der Waals surface area contributed by atoms with Crippen molar-refractivity contribution in [2.24, 2.45) is 0 Å². The summed E-state index contributed by atoms with van der Waals surface area (Å²) in [5.41, 5.74) is 0.330. The standard InChI is InChI=1S/C22H30ClN3O3S2/c1-16(2)25(15-18-7-6-17(3)30-18)13-10-22(27)24-21-14-19(8-9-20(21)23)31(28,29)26-11-4-5-12-26/h6-9,14,16H,4-5,10-13,15H2,1-3H3,(H,24,27). The Hall–Kier alpha value is -1.45. The molecule has 1 aliphatic heterocycles. The number of hydrogen-bond acceptors (Lipinski definition) is 5. The van der Waals surface area contributed by atoms with E-state index >= 15 is 0 Å². The number of rotatable bonds is 9. The first-order valence-electron chi connectivity index (χ1n) is 10.6. The third-order valence-electron chi connectivity index (χ3n) is 5.43. The molecule has 170 valence electrons. The van der Waals surface area contributed by atoms with Gasteiger partial charge in [-0.05, 0) is 63.9 Å². The van der Waals surface area contributed by atoms with Crippen molar-refractivity contribution in [2.45, 2.75) is 57.5 Å². The molecule has 2 aromatic rings. The summed E-state index contributed by atoms with van der Waals surface area (Å²) in [7, 11) is -3.57. The van der Waals surface area contributed by atoms with Gasteiger partial charge < -0.3 is 5.32 Å². The number of amides is 1. The molecule has 0 bridgehead atoms. The maximum absolute atomic E-state index is 12.8. The number of aryl methyl sites for hydroxylation is 1. The van der Waals surface area contributed by atoms with Crippen molar-refractivity contribution in [1.29, 1.82) is 0 Å². The Bertz CT molecular complexity index is 1010. The van der Waals surface area contributed by atoms with Crippen molar-refractivity contribution in [3.8, 4) is 0 Å². The first kappa shape index (κ1) is 24.2. The average Bonchev–Trinajstić information content (AvgIpc) is 3.38. The van der Waals surface area contributed by atoms with E-state index in [1.165, 1.54) is 32.3 Å². The average molecular weight is 484 g/mol. The van der Waals surface area contributed by atoms with Crippen molar-refractivity contribution in [3.63, 3.8) is 0 Å². The number of anilines is 1. The summed E-state index contributed by atoms with van der Waals surface area (Å²) in [5, 5.41) is 3.12. The monoisotopic (exact) mass is 483 g/mol. The number of benzene rings is 1. The van der Waals surface area contributed by atoms with Gasteiger partial charge in [-0.1, -0.05) is 11.6 Å². The lowest BCUT2D eigenvalue weighted by atomic mass is 10.2. The molecule has 1 aliphatic rings.